The van der Waals surface area contributed by atoms with Crippen LogP contribution in [0, 0.1) is 0 Å². The fraction of sp³-hybridized carbons (Fsp3) is 0.462. The molecule has 2 fully saturated rings. The molecule has 2 aliphatic rings. The molecule has 0 aromatic heterocycles. The average molecular weight is 425 g/mol. The zero-order valence-electron chi connectivity index (χ0n) is 13.0. The molecule has 2 aliphatic heterocycles. The summed E-state index contributed by atoms with van der Waals surface area (Å²) < 4.78 is 30.3. The number of amides is 1. The van der Waals surface area contributed by atoms with E-state index < -0.39 is 27.9 Å². The van der Waals surface area contributed by atoms with Crippen LogP contribution in [0.1, 0.15) is 6.42 Å². The van der Waals surface area contributed by atoms with Crippen molar-refractivity contribution in [3.63, 3.8) is 0 Å². The van der Waals surface area contributed by atoms with E-state index >= 15 is 0 Å². The molecule has 12 heteroatoms. The average Bonchev–Trinajstić information content (AvgIpc) is 3.03. The Bertz CT molecular complexity index is 746. The van der Waals surface area contributed by atoms with Gasteiger partial charge in [0.25, 0.3) is 15.4 Å². The molecule has 2 rings (SSSR count). The highest BCUT2D eigenvalue weighted by Gasteiger charge is 2.32. The smallest absolute Gasteiger partial charge is 0.323 e. The van der Waals surface area contributed by atoms with Crippen molar-refractivity contribution in [2.75, 3.05) is 31.1 Å². The highest BCUT2D eigenvalue weighted by atomic mass is 32.2. The van der Waals surface area contributed by atoms with E-state index in [4.69, 9.17) is 21.9 Å². The van der Waals surface area contributed by atoms with Gasteiger partial charge in [0.05, 0.1) is 15.7 Å². The summed E-state index contributed by atoms with van der Waals surface area (Å²) in [7, 11) is -3.96. The monoisotopic (exact) mass is 424 g/mol. The van der Waals surface area contributed by atoms with E-state index in [0.29, 0.717) is 17.9 Å². The number of thiocarbonyl (C=S) groups is 1. The summed E-state index contributed by atoms with van der Waals surface area (Å²) in [5.74, 6) is -0.573. The Kier molecular flexibility index (Phi) is 6.91. The van der Waals surface area contributed by atoms with Gasteiger partial charge >= 0.3 is 5.97 Å². The van der Waals surface area contributed by atoms with Crippen molar-refractivity contribution in [2.45, 2.75) is 6.42 Å². The zero-order chi connectivity index (χ0) is 18.6. The van der Waals surface area contributed by atoms with Crippen LogP contribution in [-0.4, -0.2) is 75.2 Å². The molecule has 0 bridgehead atoms. The number of carbonyl (C=O) groups is 2. The van der Waals surface area contributed by atoms with Crippen LogP contribution >= 0.6 is 35.7 Å². The van der Waals surface area contributed by atoms with Crippen molar-refractivity contribution in [2.24, 2.45) is 0 Å². The van der Waals surface area contributed by atoms with Gasteiger partial charge in [-0.05, 0) is 30.3 Å². The van der Waals surface area contributed by atoms with Crippen LogP contribution < -0.4 is 0 Å². The Morgan fingerprint density at radius 2 is 2.08 bits per heavy atom. The van der Waals surface area contributed by atoms with Crippen LogP contribution in [0.15, 0.2) is 22.1 Å². The molecule has 0 aromatic carbocycles. The molecule has 1 amide bonds. The molecule has 8 nitrogen and oxygen atoms in total. The molecular weight excluding hydrogens is 408 g/mol. The molecule has 0 atom stereocenters. The van der Waals surface area contributed by atoms with Crippen LogP contribution in [0.25, 0.3) is 0 Å². The molecule has 0 aromatic rings. The summed E-state index contributed by atoms with van der Waals surface area (Å²) in [5.41, 5.74) is 0. The van der Waals surface area contributed by atoms with Crippen molar-refractivity contribution < 1.29 is 27.7 Å². The Hall–Kier alpha value is -1.08. The number of carboxylic acid groups (broad SMARTS) is 1. The molecule has 25 heavy (non-hydrogen) atoms. The molecule has 0 unspecified atom stereocenters. The van der Waals surface area contributed by atoms with Crippen LogP contribution in [0.3, 0.4) is 0 Å². The minimum Gasteiger partial charge on any atom is -0.480 e. The number of aliphatic carboxylic acids is 1. The molecule has 2 saturated heterocycles. The first-order chi connectivity index (χ1) is 11.7. The lowest BCUT2D eigenvalue weighted by atomic mass is 10.4. The minimum atomic E-state index is -3.96. The predicted molar refractivity (Wildman–Crippen MR) is 101 cm³/mol. The van der Waals surface area contributed by atoms with Gasteiger partial charge < -0.3 is 10.0 Å². The normalized spacial score (nSPS) is 21.8. The summed E-state index contributed by atoms with van der Waals surface area (Å²) >= 11 is 7.63. The number of allylic oxidation sites excluding steroid dienone is 2. The van der Waals surface area contributed by atoms with Crippen molar-refractivity contribution in [3.05, 3.63) is 22.1 Å². The minimum absolute atomic E-state index is 0.190. The van der Waals surface area contributed by atoms with Crippen LogP contribution in [0.2, 0.25) is 0 Å². The van der Waals surface area contributed by atoms with Crippen LogP contribution in [-0.2, 0) is 14.9 Å². The lowest BCUT2D eigenvalue weighted by Gasteiger charge is -2.18. The van der Waals surface area contributed by atoms with E-state index in [1.807, 2.05) is 4.90 Å². The van der Waals surface area contributed by atoms with E-state index in [1.54, 1.807) is 23.9 Å². The van der Waals surface area contributed by atoms with Crippen molar-refractivity contribution in [1.29, 1.82) is 0 Å². The molecule has 0 radical (unpaired) electrons. The van der Waals surface area contributed by atoms with Gasteiger partial charge in [-0.1, -0.05) is 12.2 Å². The second-order valence-corrected chi connectivity index (χ2v) is 9.23. The van der Waals surface area contributed by atoms with E-state index in [-0.39, 0.29) is 10.7 Å². The van der Waals surface area contributed by atoms with Gasteiger partial charge in [0.15, 0.2) is 0 Å². The second kappa shape index (κ2) is 8.54. The molecule has 2 N–H and O–H groups in total. The molecule has 138 valence electrons. The summed E-state index contributed by atoms with van der Waals surface area (Å²) in [6.45, 7) is 0.783. The Morgan fingerprint density at radius 3 is 2.72 bits per heavy atom. The summed E-state index contributed by atoms with van der Waals surface area (Å²) in [4.78, 5) is 26.3. The summed E-state index contributed by atoms with van der Waals surface area (Å²) in [6, 6.07) is 0. The van der Waals surface area contributed by atoms with Gasteiger partial charge in [0, 0.05) is 18.8 Å². The maximum atomic E-state index is 11.8. The van der Waals surface area contributed by atoms with Crippen LogP contribution in [0.4, 0.5) is 4.79 Å². The second-order valence-electron chi connectivity index (χ2n) is 5.16. The number of nitrogens with zero attached hydrogens (tertiary/aromatic N) is 2. The summed E-state index contributed by atoms with van der Waals surface area (Å²) in [6.07, 6.45) is 3.78. The molecular formula is C13H16N2O6S4. The SMILES string of the molecule is O=C(O)CN1C(=O)S/C(=C/C=C2/SCCN2CCCS(=O)(=O)O)C1=S. The van der Waals surface area contributed by atoms with Crippen molar-refractivity contribution >= 4 is 62.1 Å². The quantitative estimate of drug-likeness (QED) is 0.355. The third-order valence-electron chi connectivity index (χ3n) is 3.30. The Morgan fingerprint density at radius 1 is 1.36 bits per heavy atom. The fourth-order valence-electron chi connectivity index (χ4n) is 2.21. The predicted octanol–water partition coefficient (Wildman–Crippen LogP) is 1.62. The number of hydrogen-bond donors (Lipinski definition) is 2. The molecule has 0 saturated carbocycles. The highest BCUT2D eigenvalue weighted by molar-refractivity contribution is 8.19. The van der Waals surface area contributed by atoms with Gasteiger partial charge in [-0.15, -0.1) is 11.8 Å². The maximum absolute atomic E-state index is 11.8. The van der Waals surface area contributed by atoms with Gasteiger partial charge in [-0.25, -0.2) is 0 Å². The number of rotatable bonds is 7. The number of carboxylic acids is 1. The first kappa shape index (κ1) is 20.2. The Balaban J connectivity index is 2.01. The van der Waals surface area contributed by atoms with Crippen molar-refractivity contribution in [3.8, 4) is 0 Å². The first-order valence-corrected chi connectivity index (χ1v) is 11.0. The largest absolute Gasteiger partial charge is 0.480 e. The molecule has 0 aliphatic carbocycles. The van der Waals surface area contributed by atoms with E-state index in [9.17, 15) is 18.0 Å². The maximum Gasteiger partial charge on any atom is 0.323 e. The standard InChI is InChI=1S/C13H16N2O6S4/c16-11(17)8-15-12(22)9(24-13(15)18)2-3-10-14(5-6-23-10)4-1-7-25(19,20)21/h2-3H,1,4-8H2,(H,16,17)(H,19,20,21)/b9-2+,10-3+. The van der Waals surface area contributed by atoms with Crippen LogP contribution in [0.5, 0.6) is 0 Å². The molecule has 2 heterocycles. The lowest BCUT2D eigenvalue weighted by molar-refractivity contribution is -0.136. The van der Waals surface area contributed by atoms with Gasteiger partial charge in [0.2, 0.25) is 0 Å². The van der Waals surface area contributed by atoms with Gasteiger partial charge in [-0.2, -0.15) is 8.42 Å². The van der Waals surface area contributed by atoms with E-state index in [0.717, 1.165) is 34.0 Å². The zero-order valence-corrected chi connectivity index (χ0v) is 16.2. The van der Waals surface area contributed by atoms with Crippen molar-refractivity contribution in [1.82, 2.24) is 9.80 Å². The first-order valence-electron chi connectivity index (χ1n) is 7.18. The van der Waals surface area contributed by atoms with Gasteiger partial charge in [-0.3, -0.25) is 19.0 Å². The molecule has 0 spiro atoms. The lowest BCUT2D eigenvalue weighted by Crippen LogP contribution is -2.32. The number of thioether (sulfide) groups is 2. The third-order valence-corrected chi connectivity index (χ3v) is 6.69. The van der Waals surface area contributed by atoms with Gasteiger partial charge in [0.1, 0.15) is 11.5 Å². The summed E-state index contributed by atoms with van der Waals surface area (Å²) in [5, 5.41) is 9.30. The fourth-order valence-corrected chi connectivity index (χ4v) is 4.94. The highest BCUT2D eigenvalue weighted by Crippen LogP contribution is 2.33. The number of carbonyl (C=O) groups excluding carboxylic acids is 1. The topological polar surface area (TPSA) is 115 Å². The third kappa shape index (κ3) is 5.99. The van der Waals surface area contributed by atoms with E-state index in [1.165, 1.54) is 0 Å². The Labute approximate surface area is 159 Å². The number of hydrogen-bond acceptors (Lipinski definition) is 8. The van der Waals surface area contributed by atoms with E-state index in [2.05, 4.69) is 0 Å².